The van der Waals surface area contributed by atoms with Crippen LogP contribution in [0.5, 0.6) is 0 Å². The van der Waals surface area contributed by atoms with E-state index in [0.717, 1.165) is 16.5 Å². The highest BCUT2D eigenvalue weighted by atomic mass is 16.2. The summed E-state index contributed by atoms with van der Waals surface area (Å²) in [6.07, 6.45) is 2.98. The topological polar surface area (TPSA) is 65.2 Å². The zero-order valence-electron chi connectivity index (χ0n) is 13.6. The number of rotatable bonds is 5. The summed E-state index contributed by atoms with van der Waals surface area (Å²) >= 11 is 0. The van der Waals surface area contributed by atoms with Crippen molar-refractivity contribution in [2.45, 2.75) is 39.3 Å². The van der Waals surface area contributed by atoms with Crippen molar-refractivity contribution in [1.29, 1.82) is 0 Å². The third-order valence-corrected chi connectivity index (χ3v) is 4.33. The fourth-order valence-corrected chi connectivity index (χ4v) is 3.07. The van der Waals surface area contributed by atoms with E-state index in [-0.39, 0.29) is 17.9 Å². The quantitative estimate of drug-likeness (QED) is 0.890. The lowest BCUT2D eigenvalue weighted by molar-refractivity contribution is -0.135. The van der Waals surface area contributed by atoms with Crippen LogP contribution in [0.2, 0.25) is 0 Å². The standard InChI is InChI=1S/C18H23N3O2/c1-12(2)9-20-18(23)16-7-8-17(22)21(16)11-13-10-19-15-6-4-3-5-14(13)15/h3-6,10,12,16,19H,7-9,11H2,1-2H3,(H,20,23)/t16-/m0/s1. The molecule has 0 spiro atoms. The number of hydrogen-bond donors (Lipinski definition) is 2. The number of carbonyl (C=O) groups is 2. The van der Waals surface area contributed by atoms with Crippen molar-refractivity contribution in [2.24, 2.45) is 5.92 Å². The Bertz CT molecular complexity index is 720. The lowest BCUT2D eigenvalue weighted by Crippen LogP contribution is -2.45. The molecule has 0 saturated carbocycles. The lowest BCUT2D eigenvalue weighted by atomic mass is 10.1. The van der Waals surface area contributed by atoms with Gasteiger partial charge in [0, 0.05) is 36.6 Å². The minimum atomic E-state index is -0.352. The summed E-state index contributed by atoms with van der Waals surface area (Å²) in [5.41, 5.74) is 2.10. The molecule has 1 aliphatic heterocycles. The molecule has 0 aliphatic carbocycles. The minimum Gasteiger partial charge on any atom is -0.361 e. The van der Waals surface area contributed by atoms with Crippen LogP contribution in [0, 0.1) is 5.92 Å². The Morgan fingerprint density at radius 3 is 2.96 bits per heavy atom. The van der Waals surface area contributed by atoms with Gasteiger partial charge in [0.25, 0.3) is 0 Å². The Morgan fingerprint density at radius 1 is 1.39 bits per heavy atom. The van der Waals surface area contributed by atoms with Crippen LogP contribution >= 0.6 is 0 Å². The molecule has 0 bridgehead atoms. The number of aromatic amines is 1. The average molecular weight is 313 g/mol. The van der Waals surface area contributed by atoms with Gasteiger partial charge in [0.1, 0.15) is 6.04 Å². The number of aromatic nitrogens is 1. The molecule has 1 aliphatic rings. The van der Waals surface area contributed by atoms with E-state index in [1.165, 1.54) is 0 Å². The van der Waals surface area contributed by atoms with Gasteiger partial charge in [-0.3, -0.25) is 9.59 Å². The van der Waals surface area contributed by atoms with Crippen molar-refractivity contribution in [2.75, 3.05) is 6.54 Å². The smallest absolute Gasteiger partial charge is 0.242 e. The highest BCUT2D eigenvalue weighted by Gasteiger charge is 2.36. The molecule has 1 fully saturated rings. The van der Waals surface area contributed by atoms with Crippen LogP contribution in [-0.2, 0) is 16.1 Å². The van der Waals surface area contributed by atoms with Gasteiger partial charge < -0.3 is 15.2 Å². The summed E-state index contributed by atoms with van der Waals surface area (Å²) in [6.45, 7) is 5.24. The Hall–Kier alpha value is -2.30. The Morgan fingerprint density at radius 2 is 2.17 bits per heavy atom. The fraction of sp³-hybridized carbons (Fsp3) is 0.444. The maximum Gasteiger partial charge on any atom is 0.242 e. The van der Waals surface area contributed by atoms with E-state index in [9.17, 15) is 9.59 Å². The van der Waals surface area contributed by atoms with Crippen molar-refractivity contribution >= 4 is 22.7 Å². The van der Waals surface area contributed by atoms with Crippen molar-refractivity contribution in [1.82, 2.24) is 15.2 Å². The number of para-hydroxylation sites is 1. The Labute approximate surface area is 136 Å². The molecular weight excluding hydrogens is 290 g/mol. The molecule has 1 aromatic carbocycles. The first kappa shape index (κ1) is 15.6. The molecule has 2 aromatic rings. The summed E-state index contributed by atoms with van der Waals surface area (Å²) in [6, 6.07) is 7.66. The monoisotopic (exact) mass is 313 g/mol. The maximum absolute atomic E-state index is 12.4. The van der Waals surface area contributed by atoms with Crippen molar-refractivity contribution < 1.29 is 9.59 Å². The number of fused-ring (bicyclic) bond motifs is 1. The molecule has 0 unspecified atom stereocenters. The first-order chi connectivity index (χ1) is 11.1. The second-order valence-electron chi connectivity index (χ2n) is 6.57. The van der Waals surface area contributed by atoms with Gasteiger partial charge in [-0.25, -0.2) is 0 Å². The number of benzene rings is 1. The molecule has 2 heterocycles. The number of H-pyrrole nitrogens is 1. The molecule has 5 nitrogen and oxygen atoms in total. The third kappa shape index (κ3) is 3.23. The molecule has 1 atom stereocenters. The summed E-state index contributed by atoms with van der Waals surface area (Å²) < 4.78 is 0. The Balaban J connectivity index is 1.76. The predicted octanol–water partition coefficient (Wildman–Crippen LogP) is 2.43. The fourth-order valence-electron chi connectivity index (χ4n) is 3.07. The van der Waals surface area contributed by atoms with E-state index in [4.69, 9.17) is 0 Å². The van der Waals surface area contributed by atoms with Gasteiger partial charge >= 0.3 is 0 Å². The molecule has 5 heteroatoms. The normalized spacial score (nSPS) is 18.1. The summed E-state index contributed by atoms with van der Waals surface area (Å²) in [7, 11) is 0. The molecular formula is C18H23N3O2. The molecule has 2 N–H and O–H groups in total. The average Bonchev–Trinajstić information content (AvgIpc) is 3.10. The summed E-state index contributed by atoms with van der Waals surface area (Å²) in [5.74, 6) is 0.419. The number of amides is 2. The minimum absolute atomic E-state index is 0.0376. The molecule has 0 radical (unpaired) electrons. The van der Waals surface area contributed by atoms with Gasteiger partial charge in [0.2, 0.25) is 11.8 Å². The van der Waals surface area contributed by atoms with E-state index in [2.05, 4.69) is 24.1 Å². The predicted molar refractivity (Wildman–Crippen MR) is 89.7 cm³/mol. The highest BCUT2D eigenvalue weighted by Crippen LogP contribution is 2.25. The zero-order chi connectivity index (χ0) is 16.4. The first-order valence-corrected chi connectivity index (χ1v) is 8.18. The van der Waals surface area contributed by atoms with Gasteiger partial charge in [-0.2, -0.15) is 0 Å². The molecule has 2 amide bonds. The van der Waals surface area contributed by atoms with Crippen molar-refractivity contribution in [3.05, 3.63) is 36.0 Å². The molecule has 122 valence electrons. The van der Waals surface area contributed by atoms with Crippen molar-refractivity contribution in [3.63, 3.8) is 0 Å². The molecule has 3 rings (SSSR count). The van der Waals surface area contributed by atoms with Crippen LogP contribution < -0.4 is 5.32 Å². The number of carbonyl (C=O) groups excluding carboxylic acids is 2. The van der Waals surface area contributed by atoms with Crippen molar-refractivity contribution in [3.8, 4) is 0 Å². The van der Waals surface area contributed by atoms with Gasteiger partial charge in [0.15, 0.2) is 0 Å². The second kappa shape index (κ2) is 6.44. The zero-order valence-corrected chi connectivity index (χ0v) is 13.6. The third-order valence-electron chi connectivity index (χ3n) is 4.33. The van der Waals surface area contributed by atoms with Gasteiger partial charge in [-0.1, -0.05) is 32.0 Å². The molecule has 1 saturated heterocycles. The number of hydrogen-bond acceptors (Lipinski definition) is 2. The van der Waals surface area contributed by atoms with E-state index < -0.39 is 0 Å². The second-order valence-corrected chi connectivity index (χ2v) is 6.57. The molecule has 23 heavy (non-hydrogen) atoms. The van der Waals surface area contributed by atoms with E-state index in [1.807, 2.05) is 30.5 Å². The first-order valence-electron chi connectivity index (χ1n) is 8.18. The number of likely N-dealkylation sites (tertiary alicyclic amines) is 1. The van der Waals surface area contributed by atoms with E-state index >= 15 is 0 Å². The Kier molecular flexibility index (Phi) is 4.37. The highest BCUT2D eigenvalue weighted by molar-refractivity contribution is 5.91. The van der Waals surface area contributed by atoms with E-state index in [1.54, 1.807) is 4.90 Å². The summed E-state index contributed by atoms with van der Waals surface area (Å²) in [5, 5.41) is 4.06. The lowest BCUT2D eigenvalue weighted by Gasteiger charge is -2.24. The summed E-state index contributed by atoms with van der Waals surface area (Å²) in [4.78, 5) is 29.5. The maximum atomic E-state index is 12.4. The van der Waals surface area contributed by atoms with Gasteiger partial charge in [-0.15, -0.1) is 0 Å². The number of nitrogens with one attached hydrogen (secondary N) is 2. The van der Waals surface area contributed by atoms with Crippen LogP contribution in [0.1, 0.15) is 32.3 Å². The SMILES string of the molecule is CC(C)CNC(=O)[C@@H]1CCC(=O)N1Cc1c[nH]c2ccccc12. The van der Waals surface area contributed by atoms with Crippen LogP contribution in [-0.4, -0.2) is 34.3 Å². The van der Waals surface area contributed by atoms with Gasteiger partial charge in [-0.05, 0) is 24.0 Å². The van der Waals surface area contributed by atoms with Crippen LogP contribution in [0.15, 0.2) is 30.5 Å². The molecule has 1 aromatic heterocycles. The van der Waals surface area contributed by atoms with E-state index in [0.29, 0.717) is 31.8 Å². The van der Waals surface area contributed by atoms with Crippen LogP contribution in [0.25, 0.3) is 10.9 Å². The van der Waals surface area contributed by atoms with Crippen LogP contribution in [0.4, 0.5) is 0 Å². The van der Waals surface area contributed by atoms with Crippen LogP contribution in [0.3, 0.4) is 0 Å². The largest absolute Gasteiger partial charge is 0.361 e. The number of nitrogens with zero attached hydrogens (tertiary/aromatic N) is 1. The van der Waals surface area contributed by atoms with Gasteiger partial charge in [0.05, 0.1) is 0 Å².